The van der Waals surface area contributed by atoms with Crippen molar-refractivity contribution in [1.29, 1.82) is 0 Å². The van der Waals surface area contributed by atoms with E-state index in [-0.39, 0.29) is 23.2 Å². The Morgan fingerprint density at radius 1 is 1.04 bits per heavy atom. The van der Waals surface area contributed by atoms with Crippen molar-refractivity contribution in [3.8, 4) is 0 Å². The van der Waals surface area contributed by atoms with Crippen LogP contribution >= 0.6 is 0 Å². The van der Waals surface area contributed by atoms with E-state index in [2.05, 4.69) is 20.6 Å². The molecule has 5 nitrogen and oxygen atoms in total. The van der Waals surface area contributed by atoms with Crippen LogP contribution in [0.15, 0.2) is 54.7 Å². The van der Waals surface area contributed by atoms with Gasteiger partial charge in [0.2, 0.25) is 5.95 Å². The van der Waals surface area contributed by atoms with Gasteiger partial charge in [0, 0.05) is 18.0 Å². The molecule has 3 aromatic rings. The minimum Gasteiger partial charge on any atom is -0.322 e. The zero-order valence-electron chi connectivity index (χ0n) is 14.8. The van der Waals surface area contributed by atoms with Crippen molar-refractivity contribution in [2.45, 2.75) is 19.8 Å². The van der Waals surface area contributed by atoms with Gasteiger partial charge < -0.3 is 10.6 Å². The van der Waals surface area contributed by atoms with E-state index < -0.39 is 17.5 Å². The van der Waals surface area contributed by atoms with E-state index in [0.717, 1.165) is 17.7 Å². The highest BCUT2D eigenvalue weighted by Crippen LogP contribution is 2.24. The van der Waals surface area contributed by atoms with Crippen molar-refractivity contribution < 1.29 is 13.6 Å². The molecular weight excluding hydrogens is 350 g/mol. The van der Waals surface area contributed by atoms with Crippen LogP contribution < -0.4 is 10.6 Å². The highest BCUT2D eigenvalue weighted by Gasteiger charge is 2.13. The van der Waals surface area contributed by atoms with Crippen LogP contribution in [0.2, 0.25) is 0 Å². The van der Waals surface area contributed by atoms with Gasteiger partial charge in [0.1, 0.15) is 17.3 Å². The number of halogens is 2. The fourth-order valence-electron chi connectivity index (χ4n) is 2.56. The second-order valence-electron chi connectivity index (χ2n) is 6.21. The number of hydrogen-bond acceptors (Lipinski definition) is 4. The maximum absolute atomic E-state index is 13.8. The molecule has 1 heterocycles. The second-order valence-corrected chi connectivity index (χ2v) is 6.21. The standard InChI is InChI=1S/C20H18F2N4O/c1-12(2)14-5-3-4-6-16(14)24-19(27)18-9-10-23-20(26-18)25-17-8-7-13(21)11-15(17)22/h3-12H,1-2H3,(H,24,27)(H,23,25,26). The van der Waals surface area contributed by atoms with E-state index in [0.29, 0.717) is 5.69 Å². The number of carbonyl (C=O) groups excluding carboxylic acids is 1. The van der Waals surface area contributed by atoms with Gasteiger partial charge in [0.15, 0.2) is 0 Å². The SMILES string of the molecule is CC(C)c1ccccc1NC(=O)c1ccnc(Nc2ccc(F)cc2F)n1. The van der Waals surface area contributed by atoms with E-state index in [4.69, 9.17) is 0 Å². The van der Waals surface area contributed by atoms with Crippen molar-refractivity contribution in [1.82, 2.24) is 9.97 Å². The number of anilines is 3. The molecule has 0 saturated carbocycles. The van der Waals surface area contributed by atoms with Crippen molar-refractivity contribution >= 4 is 23.2 Å². The summed E-state index contributed by atoms with van der Waals surface area (Å²) < 4.78 is 26.8. The molecule has 2 N–H and O–H groups in total. The van der Waals surface area contributed by atoms with Gasteiger partial charge in [-0.2, -0.15) is 0 Å². The summed E-state index contributed by atoms with van der Waals surface area (Å²) in [6.45, 7) is 4.07. The zero-order valence-corrected chi connectivity index (χ0v) is 14.8. The van der Waals surface area contributed by atoms with Crippen LogP contribution in [0.3, 0.4) is 0 Å². The summed E-state index contributed by atoms with van der Waals surface area (Å²) >= 11 is 0. The predicted octanol–water partition coefficient (Wildman–Crippen LogP) is 4.87. The molecule has 138 valence electrons. The first kappa shape index (κ1) is 18.4. The van der Waals surface area contributed by atoms with Crippen molar-refractivity contribution in [2.24, 2.45) is 0 Å². The first-order chi connectivity index (χ1) is 12.9. The predicted molar refractivity (Wildman–Crippen MR) is 100 cm³/mol. The fraction of sp³-hybridized carbons (Fsp3) is 0.150. The molecule has 0 saturated heterocycles. The Morgan fingerprint density at radius 3 is 2.56 bits per heavy atom. The number of carbonyl (C=O) groups is 1. The first-order valence-corrected chi connectivity index (χ1v) is 8.39. The average molecular weight is 368 g/mol. The van der Waals surface area contributed by atoms with Crippen molar-refractivity contribution in [2.75, 3.05) is 10.6 Å². The molecule has 2 aromatic carbocycles. The first-order valence-electron chi connectivity index (χ1n) is 8.39. The van der Waals surface area contributed by atoms with E-state index in [9.17, 15) is 13.6 Å². The van der Waals surface area contributed by atoms with Crippen LogP contribution in [-0.4, -0.2) is 15.9 Å². The lowest BCUT2D eigenvalue weighted by atomic mass is 10.0. The molecule has 0 fully saturated rings. The van der Waals surface area contributed by atoms with Crippen LogP contribution in [0.4, 0.5) is 26.1 Å². The number of aromatic nitrogens is 2. The van der Waals surface area contributed by atoms with Gasteiger partial charge in [-0.3, -0.25) is 4.79 Å². The molecule has 3 rings (SSSR count). The molecule has 1 aromatic heterocycles. The third kappa shape index (κ3) is 4.44. The summed E-state index contributed by atoms with van der Waals surface area (Å²) in [6, 6.07) is 12.1. The molecule has 0 spiro atoms. The Hall–Kier alpha value is -3.35. The van der Waals surface area contributed by atoms with Gasteiger partial charge in [-0.05, 0) is 35.7 Å². The minimum atomic E-state index is -0.778. The molecule has 0 aliphatic rings. The topological polar surface area (TPSA) is 66.9 Å². The maximum atomic E-state index is 13.8. The van der Waals surface area contributed by atoms with E-state index in [1.54, 1.807) is 0 Å². The van der Waals surface area contributed by atoms with Crippen LogP contribution in [-0.2, 0) is 0 Å². The number of nitrogens with zero attached hydrogens (tertiary/aromatic N) is 2. The quantitative estimate of drug-likeness (QED) is 0.674. The lowest BCUT2D eigenvalue weighted by molar-refractivity contribution is 0.102. The van der Waals surface area contributed by atoms with E-state index in [1.807, 2.05) is 38.1 Å². The number of hydrogen-bond donors (Lipinski definition) is 2. The second kappa shape index (κ2) is 7.90. The molecule has 7 heteroatoms. The average Bonchev–Trinajstić information content (AvgIpc) is 2.64. The summed E-state index contributed by atoms with van der Waals surface area (Å²) in [4.78, 5) is 20.6. The minimum absolute atomic E-state index is 0.0131. The van der Waals surface area contributed by atoms with Crippen LogP contribution in [0.1, 0.15) is 35.8 Å². The third-order valence-electron chi connectivity index (χ3n) is 3.90. The Labute approximate surface area is 155 Å². The normalized spacial score (nSPS) is 10.7. The van der Waals surface area contributed by atoms with Gasteiger partial charge in [-0.25, -0.2) is 18.7 Å². The number of rotatable bonds is 5. The molecule has 0 radical (unpaired) electrons. The van der Waals surface area contributed by atoms with Crippen molar-refractivity contribution in [3.05, 3.63) is 77.6 Å². The summed E-state index contributed by atoms with van der Waals surface area (Å²) in [7, 11) is 0. The van der Waals surface area contributed by atoms with Gasteiger partial charge in [0.25, 0.3) is 5.91 Å². The van der Waals surface area contributed by atoms with Gasteiger partial charge in [-0.15, -0.1) is 0 Å². The largest absolute Gasteiger partial charge is 0.322 e. The Morgan fingerprint density at radius 2 is 1.81 bits per heavy atom. The zero-order chi connectivity index (χ0) is 19.4. The Balaban J connectivity index is 1.80. The highest BCUT2D eigenvalue weighted by molar-refractivity contribution is 6.03. The molecule has 0 unspecified atom stereocenters. The van der Waals surface area contributed by atoms with Crippen LogP contribution in [0, 0.1) is 11.6 Å². The summed E-state index contributed by atoms with van der Waals surface area (Å²) in [5.74, 6) is -1.60. The third-order valence-corrected chi connectivity index (χ3v) is 3.90. The van der Waals surface area contributed by atoms with Gasteiger partial charge in [0.05, 0.1) is 5.69 Å². The summed E-state index contributed by atoms with van der Waals surface area (Å²) in [5.41, 5.74) is 1.84. The van der Waals surface area contributed by atoms with Crippen LogP contribution in [0.25, 0.3) is 0 Å². The molecule has 0 aliphatic carbocycles. The lowest BCUT2D eigenvalue weighted by Crippen LogP contribution is -2.16. The molecule has 0 aliphatic heterocycles. The molecule has 1 amide bonds. The smallest absolute Gasteiger partial charge is 0.274 e. The number of benzene rings is 2. The Bertz CT molecular complexity index is 976. The lowest BCUT2D eigenvalue weighted by Gasteiger charge is -2.13. The Kier molecular flexibility index (Phi) is 5.40. The highest BCUT2D eigenvalue weighted by atomic mass is 19.1. The number of para-hydroxylation sites is 1. The maximum Gasteiger partial charge on any atom is 0.274 e. The number of amides is 1. The fourth-order valence-corrected chi connectivity index (χ4v) is 2.56. The molecule has 0 atom stereocenters. The monoisotopic (exact) mass is 368 g/mol. The van der Waals surface area contributed by atoms with Gasteiger partial charge >= 0.3 is 0 Å². The summed E-state index contributed by atoms with van der Waals surface area (Å²) in [5, 5.41) is 5.48. The molecule has 0 bridgehead atoms. The summed E-state index contributed by atoms with van der Waals surface area (Å²) in [6.07, 6.45) is 1.39. The molecule has 27 heavy (non-hydrogen) atoms. The van der Waals surface area contributed by atoms with Crippen LogP contribution in [0.5, 0.6) is 0 Å². The molecular formula is C20H18F2N4O. The van der Waals surface area contributed by atoms with Gasteiger partial charge in [-0.1, -0.05) is 32.0 Å². The number of nitrogens with one attached hydrogen (secondary N) is 2. The van der Waals surface area contributed by atoms with Crippen molar-refractivity contribution in [3.63, 3.8) is 0 Å². The van der Waals surface area contributed by atoms with E-state index in [1.165, 1.54) is 18.3 Å². The van der Waals surface area contributed by atoms with E-state index >= 15 is 0 Å².